The maximum Gasteiger partial charge on any atom is 0.323 e. The van der Waals surface area contributed by atoms with E-state index < -0.39 is 0 Å². The van der Waals surface area contributed by atoms with Crippen LogP contribution in [0.4, 0.5) is 21.9 Å². The summed E-state index contributed by atoms with van der Waals surface area (Å²) < 4.78 is 0. The maximum atomic E-state index is 13.2. The molecule has 0 unspecified atom stereocenters. The minimum atomic E-state index is -0.372. The van der Waals surface area contributed by atoms with Gasteiger partial charge in [0.1, 0.15) is 0 Å². The predicted molar refractivity (Wildman–Crippen MR) is 122 cm³/mol. The molecule has 2 N–H and O–H groups in total. The zero-order valence-corrected chi connectivity index (χ0v) is 18.0. The van der Waals surface area contributed by atoms with Gasteiger partial charge in [-0.05, 0) is 68.5 Å². The Morgan fingerprint density at radius 2 is 1.47 bits per heavy atom. The number of nitrogens with one attached hydrogen (secondary N) is 2. The second kappa shape index (κ2) is 8.96. The van der Waals surface area contributed by atoms with E-state index in [4.69, 9.17) is 11.6 Å². The average Bonchev–Trinajstić information content (AvgIpc) is 3.44. The summed E-state index contributed by atoms with van der Waals surface area (Å²) in [5, 5.41) is 6.24. The second-order valence-corrected chi connectivity index (χ2v) is 8.38. The molecule has 2 saturated heterocycles. The number of anilines is 3. The molecule has 158 valence electrons. The zero-order chi connectivity index (χ0) is 21.1. The van der Waals surface area contributed by atoms with Gasteiger partial charge in [-0.25, -0.2) is 4.79 Å². The van der Waals surface area contributed by atoms with Crippen LogP contribution in [0.2, 0.25) is 5.02 Å². The summed E-state index contributed by atoms with van der Waals surface area (Å²) in [5.74, 6) is 0.0452. The molecule has 0 spiro atoms. The molecule has 0 aliphatic carbocycles. The fourth-order valence-electron chi connectivity index (χ4n) is 4.07. The van der Waals surface area contributed by atoms with Crippen molar-refractivity contribution in [3.8, 4) is 0 Å². The van der Waals surface area contributed by atoms with E-state index in [9.17, 15) is 9.59 Å². The number of aryl methyl sites for hydroxylation is 1. The van der Waals surface area contributed by atoms with Crippen molar-refractivity contribution >= 4 is 40.6 Å². The lowest BCUT2D eigenvalue weighted by Crippen LogP contribution is -2.30. The minimum Gasteiger partial charge on any atom is -0.371 e. The minimum absolute atomic E-state index is 0.0452. The lowest BCUT2D eigenvalue weighted by atomic mass is 10.1. The quantitative estimate of drug-likeness (QED) is 0.712. The molecule has 2 heterocycles. The largest absolute Gasteiger partial charge is 0.371 e. The summed E-state index contributed by atoms with van der Waals surface area (Å²) in [6.07, 6.45) is 4.37. The molecule has 0 aromatic heterocycles. The van der Waals surface area contributed by atoms with Gasteiger partial charge >= 0.3 is 6.03 Å². The van der Waals surface area contributed by atoms with Crippen molar-refractivity contribution in [2.24, 2.45) is 0 Å². The normalized spacial score (nSPS) is 16.1. The monoisotopic (exact) mass is 426 g/mol. The van der Waals surface area contributed by atoms with Crippen LogP contribution < -0.4 is 15.5 Å². The van der Waals surface area contributed by atoms with Gasteiger partial charge in [0.2, 0.25) is 0 Å². The van der Waals surface area contributed by atoms with Gasteiger partial charge in [0.25, 0.3) is 5.91 Å². The third-order valence-electron chi connectivity index (χ3n) is 5.75. The molecule has 6 nitrogen and oxygen atoms in total. The Morgan fingerprint density at radius 1 is 0.867 bits per heavy atom. The molecule has 7 heteroatoms. The van der Waals surface area contributed by atoms with E-state index in [0.29, 0.717) is 22.0 Å². The lowest BCUT2D eigenvalue weighted by molar-refractivity contribution is 0.0793. The molecule has 2 aromatic rings. The van der Waals surface area contributed by atoms with Gasteiger partial charge in [-0.15, -0.1) is 0 Å². The lowest BCUT2D eigenvalue weighted by Gasteiger charge is -2.24. The van der Waals surface area contributed by atoms with Gasteiger partial charge in [-0.2, -0.15) is 0 Å². The molecule has 2 aliphatic rings. The summed E-state index contributed by atoms with van der Waals surface area (Å²) in [5.41, 5.74) is 3.78. The van der Waals surface area contributed by atoms with Crippen LogP contribution >= 0.6 is 11.6 Å². The number of amides is 3. The smallest absolute Gasteiger partial charge is 0.323 e. The number of carbonyl (C=O) groups excluding carboxylic acids is 2. The van der Waals surface area contributed by atoms with Crippen LogP contribution in [0.3, 0.4) is 0 Å². The van der Waals surface area contributed by atoms with E-state index in [1.807, 2.05) is 30.0 Å². The van der Waals surface area contributed by atoms with Gasteiger partial charge in [0.15, 0.2) is 0 Å². The molecule has 4 rings (SSSR count). The number of nitrogens with zero attached hydrogens (tertiary/aromatic N) is 2. The summed E-state index contributed by atoms with van der Waals surface area (Å²) in [6, 6.07) is 10.6. The summed E-state index contributed by atoms with van der Waals surface area (Å²) in [7, 11) is 0. The van der Waals surface area contributed by atoms with Crippen molar-refractivity contribution in [1.29, 1.82) is 0 Å². The Morgan fingerprint density at radius 3 is 2.13 bits per heavy atom. The standard InChI is InChI=1S/C23H27ClN4O2/c1-16-6-7-18(15-20(16)24)26-23(30)25-17-8-9-21(27-10-2-3-11-27)19(14-17)22(29)28-12-4-5-13-28/h6-9,14-15H,2-5,10-13H2,1H3,(H2,25,26,30). The van der Waals surface area contributed by atoms with Gasteiger partial charge in [0, 0.05) is 48.3 Å². The Kier molecular flexibility index (Phi) is 6.13. The van der Waals surface area contributed by atoms with Crippen LogP contribution in [-0.2, 0) is 0 Å². The van der Waals surface area contributed by atoms with Crippen LogP contribution in [0.25, 0.3) is 0 Å². The van der Waals surface area contributed by atoms with Crippen molar-refractivity contribution in [3.63, 3.8) is 0 Å². The third-order valence-corrected chi connectivity index (χ3v) is 6.16. The second-order valence-electron chi connectivity index (χ2n) is 7.97. The number of carbonyl (C=O) groups is 2. The fraction of sp³-hybridized carbons (Fsp3) is 0.391. The van der Waals surface area contributed by atoms with Crippen molar-refractivity contribution < 1.29 is 9.59 Å². The number of benzene rings is 2. The van der Waals surface area contributed by atoms with Crippen LogP contribution in [-0.4, -0.2) is 43.0 Å². The van der Waals surface area contributed by atoms with Crippen LogP contribution in [0.1, 0.15) is 41.6 Å². The Balaban J connectivity index is 1.54. The maximum absolute atomic E-state index is 13.2. The van der Waals surface area contributed by atoms with Crippen LogP contribution in [0, 0.1) is 6.92 Å². The topological polar surface area (TPSA) is 64.7 Å². The zero-order valence-electron chi connectivity index (χ0n) is 17.2. The molecule has 2 aromatic carbocycles. The predicted octanol–water partition coefficient (Wildman–Crippen LogP) is 5.13. The number of hydrogen-bond donors (Lipinski definition) is 2. The molecule has 0 bridgehead atoms. The molecule has 0 saturated carbocycles. The van der Waals surface area contributed by atoms with Crippen LogP contribution in [0.15, 0.2) is 36.4 Å². The molecular weight excluding hydrogens is 400 g/mol. The van der Waals surface area contributed by atoms with Crippen molar-refractivity contribution in [2.45, 2.75) is 32.6 Å². The summed E-state index contributed by atoms with van der Waals surface area (Å²) in [6.45, 7) is 5.42. The van der Waals surface area contributed by atoms with E-state index in [1.54, 1.807) is 18.2 Å². The first-order valence-corrected chi connectivity index (χ1v) is 10.9. The number of urea groups is 1. The fourth-order valence-corrected chi connectivity index (χ4v) is 4.25. The number of rotatable bonds is 4. The highest BCUT2D eigenvalue weighted by Crippen LogP contribution is 2.30. The van der Waals surface area contributed by atoms with E-state index in [2.05, 4.69) is 15.5 Å². The molecule has 2 aliphatic heterocycles. The summed E-state index contributed by atoms with van der Waals surface area (Å²) in [4.78, 5) is 29.8. The average molecular weight is 427 g/mol. The Bertz CT molecular complexity index is 950. The molecule has 30 heavy (non-hydrogen) atoms. The van der Waals surface area contributed by atoms with Gasteiger partial charge in [-0.3, -0.25) is 4.79 Å². The van der Waals surface area contributed by atoms with Gasteiger partial charge in [0.05, 0.1) is 5.56 Å². The first-order valence-electron chi connectivity index (χ1n) is 10.5. The number of hydrogen-bond acceptors (Lipinski definition) is 3. The first-order chi connectivity index (χ1) is 14.5. The van der Waals surface area contributed by atoms with E-state index in [0.717, 1.165) is 63.1 Å². The highest BCUT2D eigenvalue weighted by atomic mass is 35.5. The number of likely N-dealkylation sites (tertiary alicyclic amines) is 1. The van der Waals surface area contributed by atoms with Gasteiger partial charge < -0.3 is 20.4 Å². The molecule has 0 radical (unpaired) electrons. The van der Waals surface area contributed by atoms with Crippen LogP contribution in [0.5, 0.6) is 0 Å². The molecule has 3 amide bonds. The Hall–Kier alpha value is -2.73. The van der Waals surface area contributed by atoms with E-state index >= 15 is 0 Å². The highest BCUT2D eigenvalue weighted by molar-refractivity contribution is 6.31. The SMILES string of the molecule is Cc1ccc(NC(=O)Nc2ccc(N3CCCC3)c(C(=O)N3CCCC3)c2)cc1Cl. The number of halogens is 1. The molecule has 2 fully saturated rings. The van der Waals surface area contributed by atoms with E-state index in [-0.39, 0.29) is 11.9 Å². The molecule has 0 atom stereocenters. The molecular formula is C23H27ClN4O2. The van der Waals surface area contributed by atoms with Crippen molar-refractivity contribution in [2.75, 3.05) is 41.7 Å². The Labute approximate surface area is 182 Å². The van der Waals surface area contributed by atoms with Gasteiger partial charge in [-0.1, -0.05) is 17.7 Å². The highest BCUT2D eigenvalue weighted by Gasteiger charge is 2.25. The van der Waals surface area contributed by atoms with E-state index in [1.165, 1.54) is 0 Å². The summed E-state index contributed by atoms with van der Waals surface area (Å²) >= 11 is 6.14. The first kappa shape index (κ1) is 20.5. The van der Waals surface area contributed by atoms with Crippen molar-refractivity contribution in [3.05, 3.63) is 52.5 Å². The van der Waals surface area contributed by atoms with Crippen molar-refractivity contribution in [1.82, 2.24) is 4.90 Å². The third kappa shape index (κ3) is 4.54.